The molecule has 0 saturated heterocycles. The summed E-state index contributed by atoms with van der Waals surface area (Å²) in [5, 5.41) is 0.709. The number of methoxy groups -OCH3 is 1. The Labute approximate surface area is 180 Å². The summed E-state index contributed by atoms with van der Waals surface area (Å²) < 4.78 is 6.30. The smallest absolute Gasteiger partial charge is 0.233 e. The minimum Gasteiger partial charge on any atom is -0.497 e. The topological polar surface area (TPSA) is 55.3 Å². The Kier molecular flexibility index (Phi) is 5.77. The second kappa shape index (κ2) is 8.63. The molecule has 0 aliphatic heterocycles. The van der Waals surface area contributed by atoms with Crippen LogP contribution in [0.15, 0.2) is 60.9 Å². The summed E-state index contributed by atoms with van der Waals surface area (Å²) in [5.41, 5.74) is 5.21. The molecule has 152 valence electrons. The van der Waals surface area contributed by atoms with E-state index in [1.54, 1.807) is 35.7 Å². The Morgan fingerprint density at radius 1 is 1.07 bits per heavy atom. The number of ether oxygens (including phenoxy) is 1. The Hall–Kier alpha value is -3.25. The van der Waals surface area contributed by atoms with Crippen LogP contribution in [0.2, 0.25) is 0 Å². The fourth-order valence-electron chi connectivity index (χ4n) is 3.28. The van der Waals surface area contributed by atoms with Crippen molar-refractivity contribution < 1.29 is 9.53 Å². The van der Waals surface area contributed by atoms with E-state index >= 15 is 0 Å². The lowest BCUT2D eigenvalue weighted by molar-refractivity contribution is -0.118. The summed E-state index contributed by atoms with van der Waals surface area (Å²) in [4.78, 5) is 24.1. The number of anilines is 1. The number of nitrogens with zero attached hydrogens (tertiary/aromatic N) is 3. The van der Waals surface area contributed by atoms with Gasteiger partial charge in [0.25, 0.3) is 0 Å². The highest BCUT2D eigenvalue weighted by molar-refractivity contribution is 7.22. The highest BCUT2D eigenvalue weighted by Crippen LogP contribution is 2.33. The lowest BCUT2D eigenvalue weighted by atomic mass is 10.1. The molecule has 0 aliphatic rings. The molecule has 0 saturated carbocycles. The van der Waals surface area contributed by atoms with E-state index in [1.165, 1.54) is 5.56 Å². The minimum atomic E-state index is -0.00236. The van der Waals surface area contributed by atoms with Crippen molar-refractivity contribution in [1.29, 1.82) is 0 Å². The molecule has 2 aromatic carbocycles. The molecule has 0 aliphatic carbocycles. The highest BCUT2D eigenvalue weighted by Gasteiger charge is 2.21. The summed E-state index contributed by atoms with van der Waals surface area (Å²) in [7, 11) is 1.63. The lowest BCUT2D eigenvalue weighted by Gasteiger charge is -2.20. The number of fused-ring (bicyclic) bond motifs is 1. The van der Waals surface area contributed by atoms with Gasteiger partial charge in [0.1, 0.15) is 5.75 Å². The monoisotopic (exact) mass is 417 g/mol. The van der Waals surface area contributed by atoms with Gasteiger partial charge >= 0.3 is 0 Å². The molecule has 4 rings (SSSR count). The standard InChI is InChI=1S/C24H23N3O2S/c1-16-6-11-21-23(17(16)2)26-24(30-21)27(15-19-5-4-12-25-14-19)22(28)13-18-7-9-20(29-3)10-8-18/h4-12,14H,13,15H2,1-3H3. The van der Waals surface area contributed by atoms with Gasteiger partial charge in [0, 0.05) is 12.4 Å². The maximum absolute atomic E-state index is 13.3. The van der Waals surface area contributed by atoms with E-state index in [2.05, 4.69) is 31.0 Å². The van der Waals surface area contributed by atoms with E-state index in [1.807, 2.05) is 36.4 Å². The van der Waals surface area contributed by atoms with Crippen LogP contribution in [0.25, 0.3) is 10.2 Å². The predicted molar refractivity (Wildman–Crippen MR) is 121 cm³/mol. The molecule has 0 atom stereocenters. The van der Waals surface area contributed by atoms with Gasteiger partial charge in [-0.3, -0.25) is 14.7 Å². The van der Waals surface area contributed by atoms with Crippen LogP contribution in [0, 0.1) is 13.8 Å². The minimum absolute atomic E-state index is 0.00236. The summed E-state index contributed by atoms with van der Waals surface area (Å²) in [5.74, 6) is 0.771. The molecule has 5 nitrogen and oxygen atoms in total. The summed E-state index contributed by atoms with van der Waals surface area (Å²) in [6, 6.07) is 15.6. The molecule has 4 aromatic rings. The Bertz CT molecular complexity index is 1170. The van der Waals surface area contributed by atoms with Crippen molar-refractivity contribution in [3.63, 3.8) is 0 Å². The van der Waals surface area contributed by atoms with E-state index in [-0.39, 0.29) is 12.3 Å². The van der Waals surface area contributed by atoms with Gasteiger partial charge in [-0.1, -0.05) is 35.6 Å². The van der Waals surface area contributed by atoms with Crippen LogP contribution in [-0.4, -0.2) is 23.0 Å². The SMILES string of the molecule is COc1ccc(CC(=O)N(Cc2cccnc2)c2nc3c(C)c(C)ccc3s2)cc1. The van der Waals surface area contributed by atoms with Gasteiger partial charge in [0.2, 0.25) is 5.91 Å². The number of carbonyl (C=O) groups excluding carboxylic acids is 1. The molecule has 0 unspecified atom stereocenters. The normalized spacial score (nSPS) is 10.9. The average Bonchev–Trinajstić information content (AvgIpc) is 3.20. The van der Waals surface area contributed by atoms with Crippen LogP contribution < -0.4 is 9.64 Å². The van der Waals surface area contributed by atoms with E-state index in [0.717, 1.165) is 32.7 Å². The first kappa shape index (κ1) is 20.0. The van der Waals surface area contributed by atoms with Gasteiger partial charge in [-0.2, -0.15) is 0 Å². The van der Waals surface area contributed by atoms with Crippen LogP contribution in [0.5, 0.6) is 5.75 Å². The number of amides is 1. The third-order valence-electron chi connectivity index (χ3n) is 5.18. The number of aryl methyl sites for hydroxylation is 2. The molecule has 2 heterocycles. The molecule has 6 heteroatoms. The van der Waals surface area contributed by atoms with E-state index < -0.39 is 0 Å². The lowest BCUT2D eigenvalue weighted by Crippen LogP contribution is -2.31. The van der Waals surface area contributed by atoms with E-state index in [4.69, 9.17) is 9.72 Å². The summed E-state index contributed by atoms with van der Waals surface area (Å²) >= 11 is 1.55. The second-order valence-corrected chi connectivity index (χ2v) is 8.23. The number of rotatable bonds is 6. The molecule has 0 bridgehead atoms. The van der Waals surface area contributed by atoms with Crippen molar-refractivity contribution >= 4 is 32.6 Å². The molecule has 0 radical (unpaired) electrons. The van der Waals surface area contributed by atoms with E-state index in [9.17, 15) is 4.79 Å². The van der Waals surface area contributed by atoms with Crippen LogP contribution in [-0.2, 0) is 17.8 Å². The predicted octanol–water partition coefficient (Wildman–Crippen LogP) is 5.09. The van der Waals surface area contributed by atoms with Crippen molar-refractivity contribution in [3.8, 4) is 5.75 Å². The van der Waals surface area contributed by atoms with Gasteiger partial charge in [0.05, 0.1) is 30.3 Å². The molecule has 30 heavy (non-hydrogen) atoms. The number of thiazole rings is 1. The first-order chi connectivity index (χ1) is 14.5. The molecule has 2 aromatic heterocycles. The number of hydrogen-bond donors (Lipinski definition) is 0. The van der Waals surface area contributed by atoms with Gasteiger partial charge in [-0.05, 0) is 60.4 Å². The van der Waals surface area contributed by atoms with Gasteiger partial charge < -0.3 is 4.74 Å². The number of aromatic nitrogens is 2. The Morgan fingerprint density at radius 3 is 2.57 bits per heavy atom. The number of benzene rings is 2. The molecule has 0 N–H and O–H groups in total. The Morgan fingerprint density at radius 2 is 1.87 bits per heavy atom. The van der Waals surface area contributed by atoms with E-state index in [0.29, 0.717) is 11.7 Å². The maximum atomic E-state index is 13.3. The highest BCUT2D eigenvalue weighted by atomic mass is 32.1. The third kappa shape index (κ3) is 4.19. The molecule has 0 spiro atoms. The third-order valence-corrected chi connectivity index (χ3v) is 6.23. The first-order valence-corrected chi connectivity index (χ1v) is 10.6. The van der Waals surface area contributed by atoms with Gasteiger partial charge in [-0.25, -0.2) is 4.98 Å². The van der Waals surface area contributed by atoms with Crippen molar-refractivity contribution in [2.75, 3.05) is 12.0 Å². The average molecular weight is 418 g/mol. The fraction of sp³-hybridized carbons (Fsp3) is 0.208. The van der Waals surface area contributed by atoms with Crippen molar-refractivity contribution in [2.24, 2.45) is 0 Å². The second-order valence-electron chi connectivity index (χ2n) is 7.22. The van der Waals surface area contributed by atoms with Crippen LogP contribution in [0.4, 0.5) is 5.13 Å². The van der Waals surface area contributed by atoms with Crippen LogP contribution >= 0.6 is 11.3 Å². The van der Waals surface area contributed by atoms with Crippen molar-refractivity contribution in [2.45, 2.75) is 26.8 Å². The van der Waals surface area contributed by atoms with Crippen LogP contribution in [0.3, 0.4) is 0 Å². The zero-order valence-electron chi connectivity index (χ0n) is 17.3. The zero-order valence-corrected chi connectivity index (χ0v) is 18.1. The summed E-state index contributed by atoms with van der Waals surface area (Å²) in [6.45, 7) is 4.59. The van der Waals surface area contributed by atoms with Gasteiger partial charge in [0.15, 0.2) is 5.13 Å². The molecule has 1 amide bonds. The fourth-order valence-corrected chi connectivity index (χ4v) is 4.32. The first-order valence-electron chi connectivity index (χ1n) is 9.74. The quantitative estimate of drug-likeness (QED) is 0.438. The van der Waals surface area contributed by atoms with Crippen LogP contribution in [0.1, 0.15) is 22.3 Å². The number of hydrogen-bond acceptors (Lipinski definition) is 5. The molecular formula is C24H23N3O2S. The van der Waals surface area contributed by atoms with Gasteiger partial charge in [-0.15, -0.1) is 0 Å². The summed E-state index contributed by atoms with van der Waals surface area (Å²) in [6.07, 6.45) is 3.81. The largest absolute Gasteiger partial charge is 0.497 e. The zero-order chi connectivity index (χ0) is 21.1. The van der Waals surface area contributed by atoms with Crippen molar-refractivity contribution in [1.82, 2.24) is 9.97 Å². The van der Waals surface area contributed by atoms with Crippen molar-refractivity contribution in [3.05, 3.63) is 83.2 Å². The maximum Gasteiger partial charge on any atom is 0.233 e. The molecular weight excluding hydrogens is 394 g/mol. The number of carbonyl (C=O) groups is 1. The number of pyridine rings is 1. The Balaban J connectivity index is 1.68. The molecule has 0 fully saturated rings.